The lowest BCUT2D eigenvalue weighted by Crippen LogP contribution is -2.11. The number of nitrogen functional groups attached to an aromatic ring is 1. The molecular formula is C7H8N2O3. The van der Waals surface area contributed by atoms with Gasteiger partial charge in [-0.1, -0.05) is 0 Å². The molecule has 0 saturated carbocycles. The van der Waals surface area contributed by atoms with Crippen LogP contribution in [0.15, 0.2) is 16.9 Å². The minimum atomic E-state index is -0.612. The largest absolute Gasteiger partial charge is 0.464 e. The molecule has 0 aromatic carbocycles. The highest BCUT2D eigenvalue weighted by Gasteiger charge is 2.06. The summed E-state index contributed by atoms with van der Waals surface area (Å²) < 4.78 is 4.38. The number of rotatable bonds is 1. The Morgan fingerprint density at radius 2 is 2.25 bits per heavy atom. The van der Waals surface area contributed by atoms with Crippen molar-refractivity contribution < 1.29 is 9.53 Å². The summed E-state index contributed by atoms with van der Waals surface area (Å²) in [5.41, 5.74) is 5.02. The van der Waals surface area contributed by atoms with Crippen molar-refractivity contribution in [2.75, 3.05) is 12.8 Å². The number of pyridine rings is 1. The van der Waals surface area contributed by atoms with E-state index in [0.29, 0.717) is 0 Å². The molecule has 0 amide bonds. The van der Waals surface area contributed by atoms with Crippen LogP contribution < -0.4 is 11.2 Å². The van der Waals surface area contributed by atoms with E-state index in [9.17, 15) is 9.59 Å². The Hall–Kier alpha value is -1.78. The normalized spacial score (nSPS) is 9.42. The molecule has 64 valence electrons. The van der Waals surface area contributed by atoms with Gasteiger partial charge in [-0.05, 0) is 0 Å². The van der Waals surface area contributed by atoms with Gasteiger partial charge in [-0.15, -0.1) is 0 Å². The molecule has 0 aliphatic rings. The third-order valence-electron chi connectivity index (χ3n) is 1.27. The van der Waals surface area contributed by atoms with E-state index in [1.165, 1.54) is 13.2 Å². The molecular weight excluding hydrogens is 160 g/mol. The zero-order chi connectivity index (χ0) is 9.14. The molecule has 5 heteroatoms. The third-order valence-corrected chi connectivity index (χ3v) is 1.27. The molecule has 3 N–H and O–H groups in total. The van der Waals surface area contributed by atoms with Crippen molar-refractivity contribution in [2.45, 2.75) is 0 Å². The maximum Gasteiger partial charge on any atom is 0.354 e. The minimum absolute atomic E-state index is 0.0579. The molecule has 1 heterocycles. The van der Waals surface area contributed by atoms with Gasteiger partial charge in [-0.3, -0.25) is 4.79 Å². The first-order valence-electron chi connectivity index (χ1n) is 3.21. The Balaban J connectivity index is 3.17. The number of carbonyl (C=O) groups is 1. The number of nitrogens with one attached hydrogen (secondary N) is 1. The SMILES string of the molecule is COC(=O)c1cc(=O)cc(N)[nH]1. The Morgan fingerprint density at radius 3 is 2.75 bits per heavy atom. The monoisotopic (exact) mass is 168 g/mol. The second-order valence-corrected chi connectivity index (χ2v) is 2.18. The van der Waals surface area contributed by atoms with E-state index in [2.05, 4.69) is 9.72 Å². The highest BCUT2D eigenvalue weighted by molar-refractivity contribution is 5.87. The van der Waals surface area contributed by atoms with Crippen LogP contribution in [0.3, 0.4) is 0 Å². The van der Waals surface area contributed by atoms with Crippen LogP contribution in [0.5, 0.6) is 0 Å². The summed E-state index contributed by atoms with van der Waals surface area (Å²) in [4.78, 5) is 24.2. The maximum absolute atomic E-state index is 10.9. The van der Waals surface area contributed by atoms with Crippen molar-refractivity contribution in [3.8, 4) is 0 Å². The van der Waals surface area contributed by atoms with E-state index in [-0.39, 0.29) is 16.9 Å². The standard InChI is InChI=1S/C7H8N2O3/c1-12-7(11)5-2-4(10)3-6(8)9-5/h2-3H,1H3,(H3,8,9,10). The fraction of sp³-hybridized carbons (Fsp3) is 0.143. The van der Waals surface area contributed by atoms with E-state index in [1.54, 1.807) is 0 Å². The van der Waals surface area contributed by atoms with E-state index in [0.717, 1.165) is 6.07 Å². The first-order chi connectivity index (χ1) is 5.63. The Bertz CT molecular complexity index is 356. The van der Waals surface area contributed by atoms with Crippen LogP contribution in [-0.4, -0.2) is 18.1 Å². The van der Waals surface area contributed by atoms with Crippen LogP contribution in [-0.2, 0) is 4.74 Å². The Morgan fingerprint density at radius 1 is 1.58 bits per heavy atom. The maximum atomic E-state index is 10.9. The average Bonchev–Trinajstić information content (AvgIpc) is 2.01. The number of aromatic nitrogens is 1. The molecule has 0 aliphatic heterocycles. The molecule has 0 atom stereocenters. The molecule has 0 fully saturated rings. The van der Waals surface area contributed by atoms with E-state index in [1.807, 2.05) is 0 Å². The quantitative estimate of drug-likeness (QED) is 0.566. The molecule has 1 rings (SSSR count). The molecule has 0 saturated heterocycles. The van der Waals surface area contributed by atoms with Crippen molar-refractivity contribution >= 4 is 11.8 Å². The minimum Gasteiger partial charge on any atom is -0.464 e. The third kappa shape index (κ3) is 1.63. The van der Waals surface area contributed by atoms with Gasteiger partial charge in [0.2, 0.25) is 0 Å². The molecule has 5 nitrogen and oxygen atoms in total. The van der Waals surface area contributed by atoms with Crippen molar-refractivity contribution in [3.63, 3.8) is 0 Å². The van der Waals surface area contributed by atoms with Crippen molar-refractivity contribution in [1.29, 1.82) is 0 Å². The first kappa shape index (κ1) is 8.32. The Labute approximate surface area is 68.2 Å². The summed E-state index contributed by atoms with van der Waals surface area (Å²) in [5, 5.41) is 0. The Kier molecular flexibility index (Phi) is 2.14. The average molecular weight is 168 g/mol. The number of carbonyl (C=O) groups excluding carboxylic acids is 1. The molecule has 12 heavy (non-hydrogen) atoms. The number of hydrogen-bond donors (Lipinski definition) is 2. The van der Waals surface area contributed by atoms with Gasteiger partial charge in [0, 0.05) is 12.1 Å². The zero-order valence-electron chi connectivity index (χ0n) is 6.46. The molecule has 0 bridgehead atoms. The summed E-state index contributed by atoms with van der Waals surface area (Å²) in [6.45, 7) is 0. The number of anilines is 1. The number of methoxy groups -OCH3 is 1. The van der Waals surface area contributed by atoms with Crippen LogP contribution >= 0.6 is 0 Å². The van der Waals surface area contributed by atoms with Crippen molar-refractivity contribution in [1.82, 2.24) is 4.98 Å². The first-order valence-corrected chi connectivity index (χ1v) is 3.21. The predicted octanol–water partition coefficient (Wildman–Crippen LogP) is -0.256. The lowest BCUT2D eigenvalue weighted by molar-refractivity contribution is 0.0594. The highest BCUT2D eigenvalue weighted by atomic mass is 16.5. The summed E-state index contributed by atoms with van der Waals surface area (Å²) >= 11 is 0. The summed E-state index contributed by atoms with van der Waals surface area (Å²) in [5.74, 6) is -0.470. The summed E-state index contributed by atoms with van der Waals surface area (Å²) in [7, 11) is 1.23. The topological polar surface area (TPSA) is 85.2 Å². The number of ether oxygens (including phenoxy) is 1. The number of aromatic amines is 1. The van der Waals surface area contributed by atoms with Gasteiger partial charge < -0.3 is 15.5 Å². The number of H-pyrrole nitrogens is 1. The van der Waals surface area contributed by atoms with E-state index >= 15 is 0 Å². The summed E-state index contributed by atoms with van der Waals surface area (Å²) in [6.07, 6.45) is 0. The number of hydrogen-bond acceptors (Lipinski definition) is 4. The lowest BCUT2D eigenvalue weighted by Gasteiger charge is -1.99. The van der Waals surface area contributed by atoms with E-state index < -0.39 is 5.97 Å². The van der Waals surface area contributed by atoms with Gasteiger partial charge in [-0.25, -0.2) is 4.79 Å². The predicted molar refractivity (Wildman–Crippen MR) is 42.8 cm³/mol. The van der Waals surface area contributed by atoms with Gasteiger partial charge in [0.05, 0.1) is 7.11 Å². The highest BCUT2D eigenvalue weighted by Crippen LogP contribution is 1.96. The second-order valence-electron chi connectivity index (χ2n) is 2.18. The molecule has 1 aromatic rings. The summed E-state index contributed by atoms with van der Waals surface area (Å²) in [6, 6.07) is 2.31. The second kappa shape index (κ2) is 3.08. The number of esters is 1. The van der Waals surface area contributed by atoms with Gasteiger partial charge in [0.25, 0.3) is 0 Å². The zero-order valence-corrected chi connectivity index (χ0v) is 6.46. The van der Waals surface area contributed by atoms with Crippen molar-refractivity contribution in [2.24, 2.45) is 0 Å². The number of nitrogens with two attached hydrogens (primary N) is 1. The molecule has 1 aromatic heterocycles. The molecule has 0 radical (unpaired) electrons. The van der Waals surface area contributed by atoms with Gasteiger partial charge in [-0.2, -0.15) is 0 Å². The fourth-order valence-electron chi connectivity index (χ4n) is 0.785. The van der Waals surface area contributed by atoms with Crippen LogP contribution in [0.2, 0.25) is 0 Å². The van der Waals surface area contributed by atoms with E-state index in [4.69, 9.17) is 5.73 Å². The van der Waals surface area contributed by atoms with Crippen LogP contribution in [0.4, 0.5) is 5.82 Å². The van der Waals surface area contributed by atoms with Crippen LogP contribution in [0.25, 0.3) is 0 Å². The lowest BCUT2D eigenvalue weighted by atomic mass is 10.3. The molecule has 0 unspecified atom stereocenters. The van der Waals surface area contributed by atoms with Gasteiger partial charge >= 0.3 is 5.97 Å². The van der Waals surface area contributed by atoms with Crippen LogP contribution in [0.1, 0.15) is 10.5 Å². The molecule has 0 spiro atoms. The van der Waals surface area contributed by atoms with Gasteiger partial charge in [0.1, 0.15) is 11.5 Å². The molecule has 0 aliphatic carbocycles. The van der Waals surface area contributed by atoms with Gasteiger partial charge in [0.15, 0.2) is 5.43 Å². The van der Waals surface area contributed by atoms with Crippen LogP contribution in [0, 0.1) is 0 Å². The van der Waals surface area contributed by atoms with Crippen molar-refractivity contribution in [3.05, 3.63) is 28.0 Å². The smallest absolute Gasteiger partial charge is 0.354 e. The fourth-order valence-corrected chi connectivity index (χ4v) is 0.785.